The molecule has 29 heavy (non-hydrogen) atoms. The summed E-state index contributed by atoms with van der Waals surface area (Å²) in [5, 5.41) is 11.7. The van der Waals surface area contributed by atoms with Crippen molar-refractivity contribution in [3.05, 3.63) is 29.5 Å². The number of nitrogens with one attached hydrogen (secondary N) is 2. The highest BCUT2D eigenvalue weighted by Crippen LogP contribution is 2.35. The first kappa shape index (κ1) is 18.4. The predicted molar refractivity (Wildman–Crippen MR) is 109 cm³/mol. The number of urea groups is 1. The number of hydrogen-bond donors (Lipinski definition) is 3. The molecule has 0 saturated carbocycles. The zero-order chi connectivity index (χ0) is 20.0. The smallest absolute Gasteiger partial charge is 0.315 e. The lowest BCUT2D eigenvalue weighted by molar-refractivity contribution is -0.140. The number of H-pyrrole nitrogens is 1. The van der Waals surface area contributed by atoms with Gasteiger partial charge in [0, 0.05) is 37.1 Å². The number of fused-ring (bicyclic) bond motifs is 3. The van der Waals surface area contributed by atoms with Crippen LogP contribution in [0.25, 0.3) is 10.9 Å². The summed E-state index contributed by atoms with van der Waals surface area (Å²) in [7, 11) is 0. The number of carbonyl (C=O) groups is 2. The van der Waals surface area contributed by atoms with Gasteiger partial charge in [0.2, 0.25) is 5.91 Å². The van der Waals surface area contributed by atoms with Crippen LogP contribution in [-0.4, -0.2) is 63.7 Å². The van der Waals surface area contributed by atoms with E-state index in [0.29, 0.717) is 19.5 Å². The van der Waals surface area contributed by atoms with E-state index in [1.165, 1.54) is 11.1 Å². The Morgan fingerprint density at radius 1 is 1.24 bits per heavy atom. The molecule has 3 aliphatic heterocycles. The number of piperidine rings is 1. The highest BCUT2D eigenvalue weighted by Gasteiger charge is 2.42. The van der Waals surface area contributed by atoms with Gasteiger partial charge in [-0.05, 0) is 55.8 Å². The van der Waals surface area contributed by atoms with Crippen molar-refractivity contribution in [3.63, 3.8) is 0 Å². The molecule has 3 atom stereocenters. The van der Waals surface area contributed by atoms with Gasteiger partial charge in [-0.25, -0.2) is 4.79 Å². The molecule has 2 fully saturated rings. The van der Waals surface area contributed by atoms with E-state index in [-0.39, 0.29) is 23.9 Å². The SMILES string of the molecule is NC(=O)N1CCCCC1[C@H]1Cc2ccc3[nH]ncc3c2CN(C2CCNC2)C1=O. The van der Waals surface area contributed by atoms with Gasteiger partial charge in [-0.15, -0.1) is 0 Å². The highest BCUT2D eigenvalue weighted by atomic mass is 16.2. The fourth-order valence-corrected chi connectivity index (χ4v) is 5.45. The second-order valence-electron chi connectivity index (χ2n) is 8.55. The Labute approximate surface area is 169 Å². The molecule has 3 aliphatic rings. The molecule has 0 spiro atoms. The number of benzene rings is 1. The van der Waals surface area contributed by atoms with Crippen LogP contribution < -0.4 is 11.1 Å². The summed E-state index contributed by atoms with van der Waals surface area (Å²) < 4.78 is 0. The standard InChI is InChI=1S/C21H28N6O2/c22-21(29)26-8-2-1-3-19(26)15-9-13-4-5-18-16(11-24-25-18)17(13)12-27(20(15)28)14-6-7-23-10-14/h4-5,11,14-15,19,23H,1-3,6-10,12H2,(H2,22,29)(H,24,25)/t14?,15-,19?/m1/s1. The first-order valence-corrected chi connectivity index (χ1v) is 10.6. The van der Waals surface area contributed by atoms with E-state index in [2.05, 4.69) is 26.5 Å². The molecule has 2 unspecified atom stereocenters. The number of likely N-dealkylation sites (tertiary alicyclic amines) is 1. The van der Waals surface area contributed by atoms with Crippen LogP contribution in [0.1, 0.15) is 36.8 Å². The Morgan fingerprint density at radius 2 is 2.14 bits per heavy atom. The van der Waals surface area contributed by atoms with E-state index in [1.54, 1.807) is 4.90 Å². The maximum Gasteiger partial charge on any atom is 0.315 e. The fourth-order valence-electron chi connectivity index (χ4n) is 5.45. The molecule has 154 valence electrons. The molecular formula is C21H28N6O2. The van der Waals surface area contributed by atoms with E-state index < -0.39 is 6.03 Å². The first-order chi connectivity index (χ1) is 14.1. The molecule has 8 nitrogen and oxygen atoms in total. The number of rotatable bonds is 2. The number of aromatic amines is 1. The van der Waals surface area contributed by atoms with Crippen LogP contribution >= 0.6 is 0 Å². The van der Waals surface area contributed by atoms with Crippen LogP contribution in [0.5, 0.6) is 0 Å². The van der Waals surface area contributed by atoms with Crippen molar-refractivity contribution in [1.82, 2.24) is 25.3 Å². The third kappa shape index (κ3) is 3.15. The van der Waals surface area contributed by atoms with E-state index in [4.69, 9.17) is 5.73 Å². The number of aromatic nitrogens is 2. The topological polar surface area (TPSA) is 107 Å². The van der Waals surface area contributed by atoms with E-state index >= 15 is 0 Å². The zero-order valence-corrected chi connectivity index (χ0v) is 16.6. The Hall–Kier alpha value is -2.61. The van der Waals surface area contributed by atoms with Gasteiger partial charge in [0.1, 0.15) is 0 Å². The maximum atomic E-state index is 13.8. The van der Waals surface area contributed by atoms with Crippen molar-refractivity contribution in [2.24, 2.45) is 11.7 Å². The molecule has 1 aromatic carbocycles. The fraction of sp³-hybridized carbons (Fsp3) is 0.571. The molecule has 0 radical (unpaired) electrons. The largest absolute Gasteiger partial charge is 0.351 e. The van der Waals surface area contributed by atoms with Gasteiger partial charge in [-0.2, -0.15) is 5.10 Å². The van der Waals surface area contributed by atoms with Crippen LogP contribution in [0, 0.1) is 5.92 Å². The van der Waals surface area contributed by atoms with Crippen molar-refractivity contribution in [2.45, 2.75) is 50.7 Å². The average Bonchev–Trinajstić information content (AvgIpc) is 3.40. The van der Waals surface area contributed by atoms with Gasteiger partial charge in [0.25, 0.3) is 0 Å². The normalized spacial score (nSPS) is 27.9. The van der Waals surface area contributed by atoms with Crippen LogP contribution in [0.2, 0.25) is 0 Å². The minimum Gasteiger partial charge on any atom is -0.351 e. The van der Waals surface area contributed by atoms with Crippen LogP contribution in [0.15, 0.2) is 18.3 Å². The van der Waals surface area contributed by atoms with E-state index in [9.17, 15) is 9.59 Å². The van der Waals surface area contributed by atoms with E-state index in [1.807, 2.05) is 12.3 Å². The van der Waals surface area contributed by atoms with Crippen molar-refractivity contribution in [3.8, 4) is 0 Å². The molecule has 4 heterocycles. The molecule has 8 heteroatoms. The molecule has 0 aliphatic carbocycles. The third-order valence-electron chi connectivity index (χ3n) is 6.97. The summed E-state index contributed by atoms with van der Waals surface area (Å²) in [6.45, 7) is 2.98. The maximum absolute atomic E-state index is 13.8. The Bertz CT molecular complexity index is 934. The Morgan fingerprint density at radius 3 is 2.93 bits per heavy atom. The zero-order valence-electron chi connectivity index (χ0n) is 16.6. The second-order valence-corrected chi connectivity index (χ2v) is 8.55. The molecule has 4 N–H and O–H groups in total. The van der Waals surface area contributed by atoms with Crippen molar-refractivity contribution in [2.75, 3.05) is 19.6 Å². The predicted octanol–water partition coefficient (Wildman–Crippen LogP) is 1.36. The van der Waals surface area contributed by atoms with Crippen molar-refractivity contribution in [1.29, 1.82) is 0 Å². The first-order valence-electron chi connectivity index (χ1n) is 10.6. The molecule has 1 aromatic heterocycles. The van der Waals surface area contributed by atoms with Gasteiger partial charge >= 0.3 is 6.03 Å². The summed E-state index contributed by atoms with van der Waals surface area (Å²) >= 11 is 0. The molecule has 5 rings (SSSR count). The molecule has 3 amide bonds. The minimum absolute atomic E-state index is 0.128. The van der Waals surface area contributed by atoms with Gasteiger partial charge in [0.05, 0.1) is 17.6 Å². The molecule has 2 saturated heterocycles. The molecular weight excluding hydrogens is 368 g/mol. The van der Waals surface area contributed by atoms with Crippen molar-refractivity contribution >= 4 is 22.8 Å². The van der Waals surface area contributed by atoms with E-state index in [0.717, 1.165) is 49.7 Å². The monoisotopic (exact) mass is 396 g/mol. The quantitative estimate of drug-likeness (QED) is 0.712. The highest BCUT2D eigenvalue weighted by molar-refractivity contribution is 5.87. The lowest BCUT2D eigenvalue weighted by Gasteiger charge is -2.40. The number of amides is 3. The number of carbonyl (C=O) groups excluding carboxylic acids is 2. The number of nitrogens with two attached hydrogens (primary N) is 1. The Kier molecular flexibility index (Phi) is 4.66. The molecule has 2 aromatic rings. The number of nitrogens with zero attached hydrogens (tertiary/aromatic N) is 3. The number of primary amides is 1. The number of hydrogen-bond acceptors (Lipinski definition) is 4. The third-order valence-corrected chi connectivity index (χ3v) is 6.97. The Balaban J connectivity index is 1.58. The van der Waals surface area contributed by atoms with Gasteiger partial charge < -0.3 is 20.9 Å². The summed E-state index contributed by atoms with van der Waals surface area (Å²) in [4.78, 5) is 29.7. The summed E-state index contributed by atoms with van der Waals surface area (Å²) in [5.41, 5.74) is 9.06. The lowest BCUT2D eigenvalue weighted by atomic mass is 9.84. The van der Waals surface area contributed by atoms with Crippen molar-refractivity contribution < 1.29 is 9.59 Å². The van der Waals surface area contributed by atoms with Crippen LogP contribution in [-0.2, 0) is 17.8 Å². The summed E-state index contributed by atoms with van der Waals surface area (Å²) in [5.74, 6) is -0.0984. The average molecular weight is 396 g/mol. The summed E-state index contributed by atoms with van der Waals surface area (Å²) in [6.07, 6.45) is 6.26. The molecule has 0 bridgehead atoms. The van der Waals surface area contributed by atoms with Crippen LogP contribution in [0.4, 0.5) is 4.79 Å². The van der Waals surface area contributed by atoms with Gasteiger partial charge in [-0.1, -0.05) is 6.07 Å². The lowest BCUT2D eigenvalue weighted by Crippen LogP contribution is -2.55. The van der Waals surface area contributed by atoms with Gasteiger partial charge in [0.15, 0.2) is 0 Å². The summed E-state index contributed by atoms with van der Waals surface area (Å²) in [6, 6.07) is 3.80. The minimum atomic E-state index is -0.411. The second kappa shape index (κ2) is 7.33. The van der Waals surface area contributed by atoms with Gasteiger partial charge in [-0.3, -0.25) is 9.89 Å². The van der Waals surface area contributed by atoms with Crippen LogP contribution in [0.3, 0.4) is 0 Å².